The van der Waals surface area contributed by atoms with E-state index in [1.807, 2.05) is 37.4 Å². The van der Waals surface area contributed by atoms with Crippen molar-refractivity contribution in [1.29, 1.82) is 0 Å². The lowest BCUT2D eigenvalue weighted by molar-refractivity contribution is -0.124. The fraction of sp³-hybridized carbons (Fsp3) is 0.460. The molecule has 4 aromatic rings. The minimum atomic E-state index is -1.08. The van der Waals surface area contributed by atoms with Gasteiger partial charge in [-0.3, -0.25) is 19.3 Å². The maximum absolute atomic E-state index is 13.1. The number of carbonyl (C=O) groups excluding carboxylic acids is 4. The van der Waals surface area contributed by atoms with Crippen LogP contribution in [0, 0.1) is 5.92 Å². The number of nitrogens with one attached hydrogen (secondary N) is 1. The van der Waals surface area contributed by atoms with Crippen LogP contribution in [0.15, 0.2) is 67.4 Å². The summed E-state index contributed by atoms with van der Waals surface area (Å²) in [6, 6.07) is 13.7. The predicted molar refractivity (Wildman–Crippen MR) is 251 cm³/mol. The number of fused-ring (bicyclic) bond motifs is 2. The Labute approximate surface area is 383 Å². The molecular weight excluding hydrogens is 833 g/mol. The first kappa shape index (κ1) is 51.9. The molecule has 15 nitrogen and oxygen atoms in total. The molecule has 1 aliphatic rings. The van der Waals surface area contributed by atoms with E-state index in [-0.39, 0.29) is 37.2 Å². The maximum Gasteiger partial charge on any atom is 0.262 e. The van der Waals surface area contributed by atoms with Gasteiger partial charge in [0, 0.05) is 60.5 Å². The second kappa shape index (κ2) is 28.3. The van der Waals surface area contributed by atoms with Crippen LogP contribution >= 0.6 is 0 Å². The van der Waals surface area contributed by atoms with Gasteiger partial charge in [0.25, 0.3) is 11.8 Å². The van der Waals surface area contributed by atoms with Crippen LogP contribution in [-0.2, 0) is 40.3 Å². The molecule has 5 rings (SSSR count). The summed E-state index contributed by atoms with van der Waals surface area (Å²) < 4.78 is 41.4. The molecule has 1 aliphatic heterocycles. The van der Waals surface area contributed by atoms with Crippen molar-refractivity contribution in [3.63, 3.8) is 0 Å². The lowest BCUT2D eigenvalue weighted by atomic mass is 10.0. The molecule has 3 heterocycles. The van der Waals surface area contributed by atoms with Crippen LogP contribution in [0.3, 0.4) is 0 Å². The second-order valence-electron chi connectivity index (χ2n) is 15.3. The molecule has 1 unspecified atom stereocenters. The van der Waals surface area contributed by atoms with E-state index in [4.69, 9.17) is 33.2 Å². The van der Waals surface area contributed by atoms with E-state index in [2.05, 4.69) is 73.5 Å². The van der Waals surface area contributed by atoms with E-state index >= 15 is 0 Å². The van der Waals surface area contributed by atoms with Crippen LogP contribution in [0.4, 0.5) is 0 Å². The fourth-order valence-electron chi connectivity index (χ4n) is 6.66. The second-order valence-corrected chi connectivity index (χ2v) is 15.3. The molecule has 0 radical (unpaired) electrons. The molecule has 15 heteroatoms. The zero-order valence-electron chi connectivity index (χ0n) is 38.8. The molecule has 0 fully saturated rings. The zero-order chi connectivity index (χ0) is 47.0. The summed E-state index contributed by atoms with van der Waals surface area (Å²) in [5, 5.41) is 3.61. The van der Waals surface area contributed by atoms with Gasteiger partial charge in [-0.25, -0.2) is 4.98 Å². The molecule has 0 spiro atoms. The Bertz CT molecular complexity index is 2170. The molecule has 2 aromatic heterocycles. The van der Waals surface area contributed by atoms with Crippen LogP contribution in [0.25, 0.3) is 34.2 Å². The minimum absolute atomic E-state index is 0.0343. The number of likely N-dealkylation sites (N-methyl/N-ethyl adjacent to an activating group) is 1. The number of aryl methyl sites for hydroxylation is 1. The summed E-state index contributed by atoms with van der Waals surface area (Å²) >= 11 is 0. The zero-order valence-corrected chi connectivity index (χ0v) is 38.8. The van der Waals surface area contributed by atoms with Gasteiger partial charge in [-0.1, -0.05) is 58.1 Å². The summed E-state index contributed by atoms with van der Waals surface area (Å²) in [7, 11) is 3.48. The largest absolute Gasteiger partial charge is 0.491 e. The van der Waals surface area contributed by atoms with Gasteiger partial charge in [-0.2, -0.15) is 0 Å². The third-order valence-electron chi connectivity index (χ3n) is 10.5. The third-order valence-corrected chi connectivity index (χ3v) is 10.5. The Morgan fingerprint density at radius 2 is 1.35 bits per heavy atom. The Morgan fingerprint density at radius 3 is 1.88 bits per heavy atom. The number of amides is 3. The van der Waals surface area contributed by atoms with Gasteiger partial charge in [0.15, 0.2) is 0 Å². The van der Waals surface area contributed by atoms with E-state index in [1.165, 1.54) is 25.6 Å². The highest BCUT2D eigenvalue weighted by Gasteiger charge is 2.42. The first-order valence-corrected chi connectivity index (χ1v) is 22.2. The van der Waals surface area contributed by atoms with Crippen LogP contribution in [0.1, 0.15) is 78.9 Å². The number of hydrogen-bond donors (Lipinski definition) is 1. The smallest absolute Gasteiger partial charge is 0.262 e. The molecule has 0 aliphatic carbocycles. The SMILES string of the molecule is C=Cc1c(/C=C\C)n(C)c2cc(-c3ccc(OCCOCCOCCOCCOCCOCCOc4ccc5c(c4)C(=O)N(C(CCC=O)C(=O)NC)C5=O)nc3)ccc12.CCC(C)C. The summed E-state index contributed by atoms with van der Waals surface area (Å²) in [5.74, 6) is 0.0982. The topological polar surface area (TPSA) is 166 Å². The Morgan fingerprint density at radius 1 is 0.785 bits per heavy atom. The lowest BCUT2D eigenvalue weighted by Crippen LogP contribution is -2.48. The van der Waals surface area contributed by atoms with Crippen molar-refractivity contribution in [2.24, 2.45) is 13.0 Å². The Balaban J connectivity index is 0.00000175. The molecule has 0 saturated carbocycles. The number of aromatic nitrogens is 2. The van der Waals surface area contributed by atoms with E-state index in [0.29, 0.717) is 84.0 Å². The summed E-state index contributed by atoms with van der Waals surface area (Å²) in [5.41, 5.74) is 5.78. The van der Waals surface area contributed by atoms with Gasteiger partial charge in [-0.15, -0.1) is 0 Å². The lowest BCUT2D eigenvalue weighted by Gasteiger charge is -2.24. The minimum Gasteiger partial charge on any atom is -0.491 e. The van der Waals surface area contributed by atoms with Gasteiger partial charge in [0.2, 0.25) is 11.8 Å². The Hall–Kier alpha value is -5.71. The fourth-order valence-corrected chi connectivity index (χ4v) is 6.66. The van der Waals surface area contributed by atoms with Crippen LogP contribution in [-0.4, -0.2) is 131 Å². The van der Waals surface area contributed by atoms with Gasteiger partial charge in [0.05, 0.1) is 77.2 Å². The van der Waals surface area contributed by atoms with Gasteiger partial charge >= 0.3 is 0 Å². The number of pyridine rings is 1. The first-order valence-electron chi connectivity index (χ1n) is 22.2. The molecule has 0 bridgehead atoms. The highest BCUT2D eigenvalue weighted by atomic mass is 16.6. The number of nitrogens with zero attached hydrogens (tertiary/aromatic N) is 3. The average molecular weight is 899 g/mol. The molecule has 3 amide bonds. The molecule has 65 heavy (non-hydrogen) atoms. The molecule has 1 atom stereocenters. The first-order chi connectivity index (χ1) is 31.6. The van der Waals surface area contributed by atoms with Crippen LogP contribution < -0.4 is 14.8 Å². The highest BCUT2D eigenvalue weighted by molar-refractivity contribution is 6.23. The number of carbonyl (C=O) groups is 4. The number of allylic oxidation sites excluding steroid dienone is 1. The van der Waals surface area contributed by atoms with Crippen molar-refractivity contribution in [1.82, 2.24) is 19.8 Å². The number of hydrogen-bond acceptors (Lipinski definition) is 12. The monoisotopic (exact) mass is 898 g/mol. The molecule has 0 saturated heterocycles. The van der Waals surface area contributed by atoms with Gasteiger partial charge < -0.3 is 47.8 Å². The van der Waals surface area contributed by atoms with Crippen molar-refractivity contribution in [2.45, 2.75) is 53.0 Å². The predicted octanol–water partition coefficient (Wildman–Crippen LogP) is 7.20. The van der Waals surface area contributed by atoms with Crippen molar-refractivity contribution >= 4 is 47.1 Å². The van der Waals surface area contributed by atoms with E-state index in [0.717, 1.165) is 44.1 Å². The Kier molecular flexibility index (Phi) is 22.6. The number of ether oxygens (including phenoxy) is 7. The van der Waals surface area contributed by atoms with Crippen LogP contribution in [0.2, 0.25) is 0 Å². The summed E-state index contributed by atoms with van der Waals surface area (Å²) in [6.45, 7) is 17.3. The van der Waals surface area contributed by atoms with Crippen molar-refractivity contribution in [3.05, 3.63) is 89.8 Å². The van der Waals surface area contributed by atoms with E-state index in [1.54, 1.807) is 6.07 Å². The molecule has 1 N–H and O–H groups in total. The number of rotatable bonds is 29. The normalized spacial score (nSPS) is 12.7. The molecular formula is C50H66N4O11. The standard InChI is InChI=1S/C45H54N4O11.C5H12/c1-5-8-39-35(6-2)36-13-10-32(29-41(36)48(39)4)33-11-15-42(47-31-33)60-28-26-58-24-22-56-20-18-54-17-19-55-21-23-57-25-27-59-34-12-14-37-38(30-34)45(53)49(44(37)52)40(9-7-16-50)43(51)46-3;1-4-5(2)3/h5-6,8,10-16,29-31,40H,2,7,9,17-28H2,1,3-4H3,(H,46,51);5H,4H2,1-3H3/b8-5-;. The van der Waals surface area contributed by atoms with Crippen molar-refractivity contribution in [2.75, 3.05) is 86.3 Å². The van der Waals surface area contributed by atoms with E-state index < -0.39 is 23.8 Å². The number of aldehydes is 1. The summed E-state index contributed by atoms with van der Waals surface area (Å²) in [4.78, 5) is 54.6. The third kappa shape index (κ3) is 15.5. The highest BCUT2D eigenvalue weighted by Crippen LogP contribution is 2.32. The van der Waals surface area contributed by atoms with Crippen LogP contribution in [0.5, 0.6) is 11.6 Å². The van der Waals surface area contributed by atoms with Crippen molar-refractivity contribution in [3.8, 4) is 22.8 Å². The molecule has 352 valence electrons. The summed E-state index contributed by atoms with van der Waals surface area (Å²) in [6.07, 6.45) is 9.88. The van der Waals surface area contributed by atoms with Gasteiger partial charge in [-0.05, 0) is 61.2 Å². The molecule has 2 aromatic carbocycles. The number of imide groups is 1. The number of benzene rings is 2. The van der Waals surface area contributed by atoms with E-state index in [9.17, 15) is 19.2 Å². The quantitative estimate of drug-likeness (QED) is 0.0332. The maximum atomic E-state index is 13.1. The van der Waals surface area contributed by atoms with Gasteiger partial charge in [0.1, 0.15) is 31.3 Å². The average Bonchev–Trinajstić information content (AvgIpc) is 3.73. The van der Waals surface area contributed by atoms with Crippen molar-refractivity contribution < 1.29 is 52.3 Å².